The number of rotatable bonds is 5. The summed E-state index contributed by atoms with van der Waals surface area (Å²) in [5.41, 5.74) is 7.59. The van der Waals surface area contributed by atoms with Crippen LogP contribution < -0.4 is 5.73 Å². The predicted octanol–water partition coefficient (Wildman–Crippen LogP) is 1.43. The van der Waals surface area contributed by atoms with Crippen molar-refractivity contribution >= 4 is 33.7 Å². The van der Waals surface area contributed by atoms with Crippen molar-refractivity contribution in [2.75, 3.05) is 0 Å². The first-order valence-corrected chi connectivity index (χ1v) is 7.21. The van der Waals surface area contributed by atoms with Gasteiger partial charge in [-0.1, -0.05) is 15.9 Å². The predicted molar refractivity (Wildman–Crippen MR) is 78.6 cm³/mol. The second-order valence-corrected chi connectivity index (χ2v) is 5.90. The fourth-order valence-electron chi connectivity index (χ4n) is 2.43. The highest BCUT2D eigenvalue weighted by atomic mass is 79.9. The Bertz CT molecular complexity index is 630. The molecule has 2 rings (SSSR count). The van der Waals surface area contributed by atoms with Gasteiger partial charge in [-0.15, -0.1) is 0 Å². The van der Waals surface area contributed by atoms with Crippen molar-refractivity contribution in [1.82, 2.24) is 4.90 Å². The van der Waals surface area contributed by atoms with E-state index >= 15 is 0 Å². The van der Waals surface area contributed by atoms with Crippen molar-refractivity contribution in [2.45, 2.75) is 32.4 Å². The number of carboxylic acid groups (broad SMARTS) is 1. The van der Waals surface area contributed by atoms with Gasteiger partial charge in [0.15, 0.2) is 0 Å². The second-order valence-electron chi connectivity index (χ2n) is 5.04. The molecular weight excluding hydrogens is 340 g/mol. The van der Waals surface area contributed by atoms with Crippen LogP contribution in [0, 0.1) is 6.92 Å². The lowest BCUT2D eigenvalue weighted by atomic mass is 10.1. The summed E-state index contributed by atoms with van der Waals surface area (Å²) in [6.45, 7) is 2.14. The number of hydrogen-bond donors (Lipinski definition) is 2. The lowest BCUT2D eigenvalue weighted by Gasteiger charge is -2.24. The van der Waals surface area contributed by atoms with Crippen LogP contribution in [0.1, 0.15) is 34.3 Å². The second kappa shape index (κ2) is 5.85. The number of nitrogens with zero attached hydrogens (tertiary/aromatic N) is 1. The maximum Gasteiger partial charge on any atom is 0.303 e. The summed E-state index contributed by atoms with van der Waals surface area (Å²) in [6.07, 6.45) is -0.193. The Morgan fingerprint density at radius 1 is 1.48 bits per heavy atom. The minimum Gasteiger partial charge on any atom is -0.481 e. The van der Waals surface area contributed by atoms with Gasteiger partial charge in [-0.2, -0.15) is 0 Å². The number of hydrogen-bond acceptors (Lipinski definition) is 3. The van der Waals surface area contributed by atoms with Gasteiger partial charge in [-0.3, -0.25) is 14.4 Å². The van der Waals surface area contributed by atoms with Crippen LogP contribution in [0.3, 0.4) is 0 Å². The van der Waals surface area contributed by atoms with E-state index in [-0.39, 0.29) is 25.3 Å². The summed E-state index contributed by atoms with van der Waals surface area (Å²) in [4.78, 5) is 36.0. The van der Waals surface area contributed by atoms with E-state index in [2.05, 4.69) is 15.9 Å². The van der Waals surface area contributed by atoms with Crippen molar-refractivity contribution < 1.29 is 19.5 Å². The SMILES string of the molecule is Cc1cc2c(cc1Br)CN(C(CCC(=O)O)C(N)=O)C2=O. The molecule has 1 aromatic rings. The summed E-state index contributed by atoms with van der Waals surface area (Å²) >= 11 is 3.41. The Morgan fingerprint density at radius 2 is 2.14 bits per heavy atom. The molecule has 3 N–H and O–H groups in total. The third-order valence-corrected chi connectivity index (χ3v) is 4.41. The smallest absolute Gasteiger partial charge is 0.303 e. The van der Waals surface area contributed by atoms with Crippen LogP contribution in [-0.4, -0.2) is 33.8 Å². The van der Waals surface area contributed by atoms with Crippen molar-refractivity contribution in [1.29, 1.82) is 0 Å². The lowest BCUT2D eigenvalue weighted by Crippen LogP contribution is -2.45. The first-order valence-electron chi connectivity index (χ1n) is 6.42. The van der Waals surface area contributed by atoms with Crippen LogP contribution in [-0.2, 0) is 16.1 Å². The van der Waals surface area contributed by atoms with E-state index in [4.69, 9.17) is 10.8 Å². The fraction of sp³-hybridized carbons (Fsp3) is 0.357. The van der Waals surface area contributed by atoms with Gasteiger partial charge >= 0.3 is 5.97 Å². The van der Waals surface area contributed by atoms with E-state index in [1.54, 1.807) is 6.07 Å². The zero-order valence-corrected chi connectivity index (χ0v) is 13.0. The first-order chi connectivity index (χ1) is 9.81. The maximum atomic E-state index is 12.4. The van der Waals surface area contributed by atoms with Gasteiger partial charge in [0.25, 0.3) is 5.91 Å². The van der Waals surface area contributed by atoms with Crippen molar-refractivity contribution in [3.05, 3.63) is 33.3 Å². The van der Waals surface area contributed by atoms with Crippen LogP contribution in [0.5, 0.6) is 0 Å². The Labute approximate surface area is 130 Å². The average Bonchev–Trinajstić information content (AvgIpc) is 2.67. The summed E-state index contributed by atoms with van der Waals surface area (Å²) in [6, 6.07) is 2.70. The molecule has 2 amide bonds. The molecule has 0 bridgehead atoms. The Hall–Kier alpha value is -1.89. The quantitative estimate of drug-likeness (QED) is 0.834. The van der Waals surface area contributed by atoms with E-state index < -0.39 is 17.9 Å². The molecule has 0 fully saturated rings. The number of aryl methyl sites for hydroxylation is 1. The van der Waals surface area contributed by atoms with Gasteiger partial charge in [0, 0.05) is 23.0 Å². The molecule has 1 heterocycles. The van der Waals surface area contributed by atoms with Gasteiger partial charge in [0.1, 0.15) is 6.04 Å². The van der Waals surface area contributed by atoms with Gasteiger partial charge in [0.05, 0.1) is 0 Å². The number of amides is 2. The molecule has 0 aromatic heterocycles. The topological polar surface area (TPSA) is 101 Å². The molecule has 1 unspecified atom stereocenters. The van der Waals surface area contributed by atoms with Gasteiger partial charge in [-0.25, -0.2) is 0 Å². The molecule has 21 heavy (non-hydrogen) atoms. The molecule has 1 aliphatic heterocycles. The molecule has 0 aliphatic carbocycles. The zero-order valence-electron chi connectivity index (χ0n) is 11.4. The van der Waals surface area contributed by atoms with Crippen LogP contribution in [0.15, 0.2) is 16.6 Å². The third-order valence-electron chi connectivity index (χ3n) is 3.55. The third kappa shape index (κ3) is 3.07. The average molecular weight is 355 g/mol. The molecule has 7 heteroatoms. The van der Waals surface area contributed by atoms with E-state index in [9.17, 15) is 14.4 Å². The van der Waals surface area contributed by atoms with Crippen molar-refractivity contribution in [3.8, 4) is 0 Å². The highest BCUT2D eigenvalue weighted by Gasteiger charge is 2.35. The van der Waals surface area contributed by atoms with Crippen molar-refractivity contribution in [2.24, 2.45) is 5.73 Å². The lowest BCUT2D eigenvalue weighted by molar-refractivity contribution is -0.137. The molecule has 0 radical (unpaired) electrons. The molecule has 6 nitrogen and oxygen atoms in total. The summed E-state index contributed by atoms with van der Waals surface area (Å²) in [7, 11) is 0. The minimum absolute atomic E-state index is 0.0184. The highest BCUT2D eigenvalue weighted by Crippen LogP contribution is 2.30. The van der Waals surface area contributed by atoms with Gasteiger partial charge < -0.3 is 15.7 Å². The summed E-state index contributed by atoms with van der Waals surface area (Å²) < 4.78 is 0.886. The summed E-state index contributed by atoms with van der Waals surface area (Å²) in [5.74, 6) is -1.99. The van der Waals surface area contributed by atoms with Crippen LogP contribution in [0.4, 0.5) is 0 Å². The van der Waals surface area contributed by atoms with E-state index in [0.29, 0.717) is 5.56 Å². The molecule has 0 saturated heterocycles. The monoisotopic (exact) mass is 354 g/mol. The number of benzene rings is 1. The molecule has 1 atom stereocenters. The number of primary amides is 1. The number of nitrogens with two attached hydrogens (primary N) is 1. The highest BCUT2D eigenvalue weighted by molar-refractivity contribution is 9.10. The largest absolute Gasteiger partial charge is 0.481 e. The fourth-order valence-corrected chi connectivity index (χ4v) is 2.82. The van der Waals surface area contributed by atoms with E-state index in [1.807, 2.05) is 13.0 Å². The maximum absolute atomic E-state index is 12.4. The Kier molecular flexibility index (Phi) is 4.32. The minimum atomic E-state index is -1.02. The standard InChI is InChI=1S/C14H15BrN2O4/c1-7-4-9-8(5-10(7)15)6-17(14(9)21)11(13(16)20)2-3-12(18)19/h4-5,11H,2-3,6H2,1H3,(H2,16,20)(H,18,19). The Morgan fingerprint density at radius 3 is 2.71 bits per heavy atom. The molecule has 0 saturated carbocycles. The van der Waals surface area contributed by atoms with Crippen LogP contribution >= 0.6 is 15.9 Å². The number of fused-ring (bicyclic) bond motifs is 1. The molecule has 1 aliphatic rings. The number of halogens is 1. The molecular formula is C14H15BrN2O4. The van der Waals surface area contributed by atoms with Crippen molar-refractivity contribution in [3.63, 3.8) is 0 Å². The van der Waals surface area contributed by atoms with Crippen LogP contribution in [0.2, 0.25) is 0 Å². The molecule has 0 spiro atoms. The number of carboxylic acids is 1. The summed E-state index contributed by atoms with van der Waals surface area (Å²) in [5, 5.41) is 8.74. The Balaban J connectivity index is 2.27. The van der Waals surface area contributed by atoms with Gasteiger partial charge in [0.2, 0.25) is 5.91 Å². The number of carbonyl (C=O) groups is 3. The number of carbonyl (C=O) groups excluding carboxylic acids is 2. The zero-order chi connectivity index (χ0) is 15.7. The van der Waals surface area contributed by atoms with Crippen LogP contribution in [0.25, 0.3) is 0 Å². The number of aliphatic carboxylic acids is 1. The molecule has 112 valence electrons. The van der Waals surface area contributed by atoms with E-state index in [0.717, 1.165) is 15.6 Å². The molecule has 1 aromatic carbocycles. The normalized spacial score (nSPS) is 15.0. The van der Waals surface area contributed by atoms with Gasteiger partial charge in [-0.05, 0) is 36.6 Å². The van der Waals surface area contributed by atoms with E-state index in [1.165, 1.54) is 4.90 Å². The first kappa shape index (κ1) is 15.5.